The Morgan fingerprint density at radius 2 is 1.58 bits per heavy atom. The van der Waals surface area contributed by atoms with Gasteiger partial charge in [0.05, 0.1) is 18.5 Å². The number of para-hydroxylation sites is 2. The Labute approximate surface area is 191 Å². The molecular formula is C26H23N3O4. The molecule has 33 heavy (non-hydrogen) atoms. The van der Waals surface area contributed by atoms with Crippen molar-refractivity contribution < 1.29 is 18.7 Å². The lowest BCUT2D eigenvalue weighted by Crippen LogP contribution is -2.22. The molecule has 3 aromatic carbocycles. The van der Waals surface area contributed by atoms with Gasteiger partial charge in [0.2, 0.25) is 5.91 Å². The Morgan fingerprint density at radius 1 is 0.788 bits per heavy atom. The summed E-state index contributed by atoms with van der Waals surface area (Å²) in [4.78, 5) is 24.6. The van der Waals surface area contributed by atoms with Gasteiger partial charge in [0.15, 0.2) is 5.76 Å². The van der Waals surface area contributed by atoms with E-state index in [0.29, 0.717) is 29.4 Å². The molecule has 1 aromatic heterocycles. The molecule has 0 spiro atoms. The van der Waals surface area contributed by atoms with Gasteiger partial charge in [0, 0.05) is 11.4 Å². The Bertz CT molecular complexity index is 1210. The fourth-order valence-electron chi connectivity index (χ4n) is 3.12. The normalized spacial score (nSPS) is 10.3. The zero-order valence-electron chi connectivity index (χ0n) is 17.8. The predicted octanol–water partition coefficient (Wildman–Crippen LogP) is 5.16. The topological polar surface area (TPSA) is 92.6 Å². The van der Waals surface area contributed by atoms with Crippen molar-refractivity contribution in [2.75, 3.05) is 22.5 Å². The van der Waals surface area contributed by atoms with Crippen LogP contribution in [0.2, 0.25) is 0 Å². The molecule has 166 valence electrons. The first kappa shape index (κ1) is 21.7. The number of nitrogens with one attached hydrogen (secondary N) is 3. The van der Waals surface area contributed by atoms with Crippen molar-refractivity contribution >= 4 is 28.9 Å². The third kappa shape index (κ3) is 6.24. The summed E-state index contributed by atoms with van der Waals surface area (Å²) >= 11 is 0. The summed E-state index contributed by atoms with van der Waals surface area (Å²) in [7, 11) is 0. The van der Waals surface area contributed by atoms with Crippen LogP contribution >= 0.6 is 0 Å². The molecule has 4 aromatic rings. The predicted molar refractivity (Wildman–Crippen MR) is 127 cm³/mol. The summed E-state index contributed by atoms with van der Waals surface area (Å²) in [5.41, 5.74) is 2.91. The lowest BCUT2D eigenvalue weighted by molar-refractivity contribution is -0.114. The smallest absolute Gasteiger partial charge is 0.291 e. The molecule has 7 heteroatoms. The molecule has 0 aliphatic rings. The SMILES string of the molecule is O=C(CNc1cccc(NC(=O)c2ccco2)c1)Nc1ccccc1OCc1ccccc1. The number of amides is 2. The molecule has 0 bridgehead atoms. The van der Waals surface area contributed by atoms with E-state index in [2.05, 4.69) is 16.0 Å². The van der Waals surface area contributed by atoms with Gasteiger partial charge in [0.25, 0.3) is 5.91 Å². The van der Waals surface area contributed by atoms with Gasteiger partial charge in [-0.1, -0.05) is 48.5 Å². The van der Waals surface area contributed by atoms with Crippen molar-refractivity contribution in [3.63, 3.8) is 0 Å². The molecule has 0 saturated carbocycles. The van der Waals surface area contributed by atoms with Crippen LogP contribution in [0.4, 0.5) is 17.1 Å². The molecule has 2 amide bonds. The first-order valence-electron chi connectivity index (χ1n) is 10.4. The van der Waals surface area contributed by atoms with Crippen LogP contribution in [0.25, 0.3) is 0 Å². The maximum atomic E-state index is 12.5. The molecular weight excluding hydrogens is 418 g/mol. The van der Waals surface area contributed by atoms with Gasteiger partial charge in [-0.25, -0.2) is 0 Å². The van der Waals surface area contributed by atoms with Crippen LogP contribution in [0.1, 0.15) is 16.1 Å². The molecule has 0 radical (unpaired) electrons. The molecule has 0 atom stereocenters. The largest absolute Gasteiger partial charge is 0.487 e. The number of furan rings is 1. The second kappa shape index (κ2) is 10.7. The van der Waals surface area contributed by atoms with E-state index in [1.54, 1.807) is 36.4 Å². The number of anilines is 3. The summed E-state index contributed by atoms with van der Waals surface area (Å²) < 4.78 is 11.0. The minimum absolute atomic E-state index is 0.0442. The average molecular weight is 441 g/mol. The molecule has 0 unspecified atom stereocenters. The maximum absolute atomic E-state index is 12.5. The van der Waals surface area contributed by atoms with Crippen LogP contribution < -0.4 is 20.7 Å². The monoisotopic (exact) mass is 441 g/mol. The summed E-state index contributed by atoms with van der Waals surface area (Å²) in [5.74, 6) is 0.246. The van der Waals surface area contributed by atoms with Crippen molar-refractivity contribution in [1.29, 1.82) is 0 Å². The van der Waals surface area contributed by atoms with Gasteiger partial charge in [-0.05, 0) is 48.0 Å². The standard InChI is InChI=1S/C26H23N3O4/c30-25(29-22-12-4-5-13-23(22)33-18-19-8-2-1-3-9-19)17-27-20-10-6-11-21(16-20)28-26(31)24-14-7-15-32-24/h1-16,27H,17-18H2,(H,28,31)(H,29,30). The Balaban J connectivity index is 1.31. The zero-order chi connectivity index (χ0) is 22.9. The minimum atomic E-state index is -0.345. The second-order valence-electron chi connectivity index (χ2n) is 7.18. The molecule has 1 heterocycles. The third-order valence-corrected chi connectivity index (χ3v) is 4.72. The highest BCUT2D eigenvalue weighted by Crippen LogP contribution is 2.25. The van der Waals surface area contributed by atoms with Gasteiger partial charge >= 0.3 is 0 Å². The number of rotatable bonds is 9. The van der Waals surface area contributed by atoms with E-state index in [-0.39, 0.29) is 24.1 Å². The van der Waals surface area contributed by atoms with E-state index >= 15 is 0 Å². The van der Waals surface area contributed by atoms with E-state index in [0.717, 1.165) is 5.56 Å². The van der Waals surface area contributed by atoms with E-state index < -0.39 is 0 Å². The Hall–Kier alpha value is -4.52. The van der Waals surface area contributed by atoms with E-state index in [9.17, 15) is 9.59 Å². The number of benzene rings is 3. The van der Waals surface area contributed by atoms with Crippen molar-refractivity contribution in [2.24, 2.45) is 0 Å². The summed E-state index contributed by atoms with van der Waals surface area (Å²) in [6, 6.07) is 27.5. The molecule has 4 rings (SSSR count). The van der Waals surface area contributed by atoms with Gasteiger partial charge < -0.3 is 25.1 Å². The quantitative estimate of drug-likeness (QED) is 0.334. The molecule has 7 nitrogen and oxygen atoms in total. The number of ether oxygens (including phenoxy) is 1. The van der Waals surface area contributed by atoms with E-state index in [4.69, 9.17) is 9.15 Å². The van der Waals surface area contributed by atoms with Crippen molar-refractivity contribution in [1.82, 2.24) is 0 Å². The summed E-state index contributed by atoms with van der Waals surface area (Å²) in [6.45, 7) is 0.449. The van der Waals surface area contributed by atoms with Crippen molar-refractivity contribution in [3.05, 3.63) is 109 Å². The van der Waals surface area contributed by atoms with Crippen LogP contribution in [0.15, 0.2) is 102 Å². The van der Waals surface area contributed by atoms with Gasteiger partial charge in [-0.3, -0.25) is 9.59 Å². The summed E-state index contributed by atoms with van der Waals surface area (Å²) in [5, 5.41) is 8.69. The van der Waals surface area contributed by atoms with Crippen molar-refractivity contribution in [3.8, 4) is 5.75 Å². The molecule has 0 fully saturated rings. The molecule has 0 aliphatic heterocycles. The van der Waals surface area contributed by atoms with E-state index in [1.807, 2.05) is 54.6 Å². The van der Waals surface area contributed by atoms with Crippen LogP contribution in [0.3, 0.4) is 0 Å². The van der Waals surface area contributed by atoms with Gasteiger partial charge in [-0.15, -0.1) is 0 Å². The number of hydrogen-bond acceptors (Lipinski definition) is 5. The van der Waals surface area contributed by atoms with Crippen LogP contribution in [-0.4, -0.2) is 18.4 Å². The lowest BCUT2D eigenvalue weighted by atomic mass is 10.2. The number of hydrogen-bond donors (Lipinski definition) is 3. The Kier molecular flexibility index (Phi) is 7.02. The highest BCUT2D eigenvalue weighted by atomic mass is 16.5. The highest BCUT2D eigenvalue weighted by Gasteiger charge is 2.10. The summed E-state index contributed by atoms with van der Waals surface area (Å²) in [6.07, 6.45) is 1.44. The Morgan fingerprint density at radius 3 is 2.39 bits per heavy atom. The highest BCUT2D eigenvalue weighted by molar-refractivity contribution is 6.02. The zero-order valence-corrected chi connectivity index (χ0v) is 17.8. The fourth-order valence-corrected chi connectivity index (χ4v) is 3.12. The van der Waals surface area contributed by atoms with Gasteiger partial charge in [0.1, 0.15) is 12.4 Å². The molecule has 0 saturated heterocycles. The first-order valence-corrected chi connectivity index (χ1v) is 10.4. The molecule has 3 N–H and O–H groups in total. The fraction of sp³-hybridized carbons (Fsp3) is 0.0769. The minimum Gasteiger partial charge on any atom is -0.487 e. The first-order chi connectivity index (χ1) is 16.2. The van der Waals surface area contributed by atoms with Crippen molar-refractivity contribution in [2.45, 2.75) is 6.61 Å². The van der Waals surface area contributed by atoms with E-state index in [1.165, 1.54) is 6.26 Å². The van der Waals surface area contributed by atoms with Crippen LogP contribution in [-0.2, 0) is 11.4 Å². The number of carbonyl (C=O) groups is 2. The number of carbonyl (C=O) groups excluding carboxylic acids is 2. The maximum Gasteiger partial charge on any atom is 0.291 e. The second-order valence-corrected chi connectivity index (χ2v) is 7.18. The average Bonchev–Trinajstić information content (AvgIpc) is 3.39. The lowest BCUT2D eigenvalue weighted by Gasteiger charge is -2.13. The third-order valence-electron chi connectivity index (χ3n) is 4.72. The van der Waals surface area contributed by atoms with Gasteiger partial charge in [-0.2, -0.15) is 0 Å². The molecule has 0 aliphatic carbocycles. The van der Waals surface area contributed by atoms with Crippen LogP contribution in [0, 0.1) is 0 Å². The van der Waals surface area contributed by atoms with Crippen LogP contribution in [0.5, 0.6) is 5.75 Å².